The highest BCUT2D eigenvalue weighted by Gasteiger charge is 2.12. The van der Waals surface area contributed by atoms with Crippen LogP contribution in [-0.2, 0) is 6.42 Å². The molecule has 168 valence electrons. The third-order valence-electron chi connectivity index (χ3n) is 6.62. The number of ether oxygens (including phenoxy) is 2. The molecule has 0 radical (unpaired) electrons. The third kappa shape index (κ3) is 5.04. The van der Waals surface area contributed by atoms with Gasteiger partial charge in [0.25, 0.3) is 0 Å². The van der Waals surface area contributed by atoms with Crippen molar-refractivity contribution in [2.24, 2.45) is 0 Å². The van der Waals surface area contributed by atoms with Crippen LogP contribution in [0.4, 0.5) is 0 Å². The van der Waals surface area contributed by atoms with Gasteiger partial charge >= 0.3 is 0 Å². The Kier molecular flexibility index (Phi) is 6.59. The first-order chi connectivity index (χ1) is 16.3. The van der Waals surface area contributed by atoms with E-state index in [1.54, 1.807) is 7.11 Å². The minimum Gasteiger partial charge on any atom is -0.497 e. The molecule has 1 fully saturated rings. The number of fused-ring (bicyclic) bond motifs is 1. The number of nitrogens with zero attached hydrogens (tertiary/aromatic N) is 1. The molecule has 4 aromatic carbocycles. The summed E-state index contributed by atoms with van der Waals surface area (Å²) in [5, 5.41) is 2.57. The maximum absolute atomic E-state index is 6.00. The van der Waals surface area contributed by atoms with Crippen molar-refractivity contribution in [1.82, 2.24) is 4.90 Å². The van der Waals surface area contributed by atoms with Crippen molar-refractivity contribution in [1.29, 1.82) is 0 Å². The lowest BCUT2D eigenvalue weighted by molar-refractivity contribution is 0.238. The summed E-state index contributed by atoms with van der Waals surface area (Å²) in [5.74, 6) is 1.83. The molecule has 33 heavy (non-hydrogen) atoms. The van der Waals surface area contributed by atoms with E-state index in [9.17, 15) is 0 Å². The number of hydrogen-bond donors (Lipinski definition) is 0. The molecule has 3 heteroatoms. The van der Waals surface area contributed by atoms with Gasteiger partial charge in [0.05, 0.1) is 7.11 Å². The lowest BCUT2D eigenvalue weighted by Crippen LogP contribution is -2.25. The van der Waals surface area contributed by atoms with E-state index in [2.05, 4.69) is 77.7 Å². The van der Waals surface area contributed by atoms with E-state index in [4.69, 9.17) is 9.47 Å². The second-order valence-electron chi connectivity index (χ2n) is 8.76. The standard InChI is InChI=1S/C30H31NO2/c1-32-26-15-10-25(11-16-26)29-17-12-24-6-2-3-7-28(24)30(29)22-23-8-13-27(14-9-23)33-21-20-31-18-4-5-19-31/h2-3,6-17H,4-5,18-22H2,1H3. The molecule has 0 amide bonds. The van der Waals surface area contributed by atoms with E-state index in [0.29, 0.717) is 0 Å². The highest BCUT2D eigenvalue weighted by Crippen LogP contribution is 2.33. The normalized spacial score (nSPS) is 14.0. The zero-order valence-electron chi connectivity index (χ0n) is 19.3. The van der Waals surface area contributed by atoms with Gasteiger partial charge in [0, 0.05) is 6.54 Å². The predicted octanol–water partition coefficient (Wildman–Crippen LogP) is 6.58. The molecule has 0 saturated carbocycles. The van der Waals surface area contributed by atoms with Crippen LogP contribution in [0.2, 0.25) is 0 Å². The molecule has 0 bridgehead atoms. The van der Waals surface area contributed by atoms with Gasteiger partial charge < -0.3 is 9.47 Å². The molecule has 4 aromatic rings. The number of methoxy groups -OCH3 is 1. The van der Waals surface area contributed by atoms with Crippen LogP contribution in [-0.4, -0.2) is 38.3 Å². The van der Waals surface area contributed by atoms with E-state index < -0.39 is 0 Å². The van der Waals surface area contributed by atoms with Crippen molar-refractivity contribution in [2.75, 3.05) is 33.4 Å². The molecule has 1 saturated heterocycles. The Hall–Kier alpha value is -3.30. The molecule has 5 rings (SSSR count). The Morgan fingerprint density at radius 1 is 0.758 bits per heavy atom. The summed E-state index contributed by atoms with van der Waals surface area (Å²) < 4.78 is 11.4. The summed E-state index contributed by atoms with van der Waals surface area (Å²) in [4.78, 5) is 2.48. The fourth-order valence-electron chi connectivity index (χ4n) is 4.77. The lowest BCUT2D eigenvalue weighted by atomic mass is 9.90. The summed E-state index contributed by atoms with van der Waals surface area (Å²) in [7, 11) is 1.70. The van der Waals surface area contributed by atoms with Crippen LogP contribution in [0.5, 0.6) is 11.5 Å². The molecule has 0 unspecified atom stereocenters. The molecule has 0 spiro atoms. The van der Waals surface area contributed by atoms with Crippen molar-refractivity contribution in [3.63, 3.8) is 0 Å². The van der Waals surface area contributed by atoms with Gasteiger partial charge in [-0.05, 0) is 89.6 Å². The van der Waals surface area contributed by atoms with Crippen LogP contribution in [0.1, 0.15) is 24.0 Å². The topological polar surface area (TPSA) is 21.7 Å². The number of benzene rings is 4. The van der Waals surface area contributed by atoms with Crippen molar-refractivity contribution >= 4 is 10.8 Å². The minimum atomic E-state index is 0.754. The number of likely N-dealkylation sites (tertiary alicyclic amines) is 1. The Bertz CT molecular complexity index is 1190. The SMILES string of the molecule is COc1ccc(-c2ccc3ccccc3c2Cc2ccc(OCCN3CCCC3)cc2)cc1. The Morgan fingerprint density at radius 3 is 2.24 bits per heavy atom. The van der Waals surface area contributed by atoms with Crippen LogP contribution in [0.25, 0.3) is 21.9 Å². The highest BCUT2D eigenvalue weighted by atomic mass is 16.5. The average molecular weight is 438 g/mol. The molecule has 1 aliphatic heterocycles. The first-order valence-corrected chi connectivity index (χ1v) is 11.9. The van der Waals surface area contributed by atoms with E-state index in [0.717, 1.165) is 31.1 Å². The van der Waals surface area contributed by atoms with Gasteiger partial charge in [-0.3, -0.25) is 4.90 Å². The largest absolute Gasteiger partial charge is 0.497 e. The van der Waals surface area contributed by atoms with Crippen LogP contribution in [0, 0.1) is 0 Å². The van der Waals surface area contributed by atoms with Crippen molar-refractivity contribution in [3.8, 4) is 22.6 Å². The van der Waals surface area contributed by atoms with Gasteiger partial charge in [-0.15, -0.1) is 0 Å². The Morgan fingerprint density at radius 2 is 1.48 bits per heavy atom. The van der Waals surface area contributed by atoms with E-state index in [1.165, 1.54) is 59.0 Å². The average Bonchev–Trinajstić information content (AvgIpc) is 3.39. The van der Waals surface area contributed by atoms with Crippen molar-refractivity contribution in [3.05, 3.63) is 96.1 Å². The summed E-state index contributed by atoms with van der Waals surface area (Å²) in [5.41, 5.74) is 5.11. The zero-order valence-corrected chi connectivity index (χ0v) is 19.3. The molecule has 0 aromatic heterocycles. The molecule has 0 aliphatic carbocycles. The fraction of sp³-hybridized carbons (Fsp3) is 0.267. The first-order valence-electron chi connectivity index (χ1n) is 11.9. The number of hydrogen-bond acceptors (Lipinski definition) is 3. The molecule has 0 N–H and O–H groups in total. The molecule has 0 atom stereocenters. The molecule has 3 nitrogen and oxygen atoms in total. The molecular formula is C30H31NO2. The van der Waals surface area contributed by atoms with Crippen LogP contribution >= 0.6 is 0 Å². The Labute approximate surface area is 196 Å². The molecular weight excluding hydrogens is 406 g/mol. The van der Waals surface area contributed by atoms with Crippen molar-refractivity contribution in [2.45, 2.75) is 19.3 Å². The predicted molar refractivity (Wildman–Crippen MR) is 136 cm³/mol. The van der Waals surface area contributed by atoms with E-state index >= 15 is 0 Å². The fourth-order valence-corrected chi connectivity index (χ4v) is 4.77. The third-order valence-corrected chi connectivity index (χ3v) is 6.62. The summed E-state index contributed by atoms with van der Waals surface area (Å²) in [6, 6.07) is 30.1. The van der Waals surface area contributed by atoms with Gasteiger partial charge in [-0.25, -0.2) is 0 Å². The van der Waals surface area contributed by atoms with Crippen molar-refractivity contribution < 1.29 is 9.47 Å². The van der Waals surface area contributed by atoms with Gasteiger partial charge in [0.2, 0.25) is 0 Å². The summed E-state index contributed by atoms with van der Waals surface area (Å²) >= 11 is 0. The van der Waals surface area contributed by atoms with Crippen LogP contribution in [0.3, 0.4) is 0 Å². The second-order valence-corrected chi connectivity index (χ2v) is 8.76. The van der Waals surface area contributed by atoms with Crippen LogP contribution in [0.15, 0.2) is 84.9 Å². The molecule has 1 aliphatic rings. The second kappa shape index (κ2) is 10.1. The van der Waals surface area contributed by atoms with E-state index in [-0.39, 0.29) is 0 Å². The quantitative estimate of drug-likeness (QED) is 0.311. The van der Waals surface area contributed by atoms with E-state index in [1.807, 2.05) is 12.1 Å². The van der Waals surface area contributed by atoms with Gasteiger partial charge in [-0.2, -0.15) is 0 Å². The minimum absolute atomic E-state index is 0.754. The van der Waals surface area contributed by atoms with Crippen LogP contribution < -0.4 is 9.47 Å². The lowest BCUT2D eigenvalue weighted by Gasteiger charge is -2.16. The summed E-state index contributed by atoms with van der Waals surface area (Å²) in [6.07, 6.45) is 3.51. The van der Waals surface area contributed by atoms with Gasteiger partial charge in [0.15, 0.2) is 0 Å². The van der Waals surface area contributed by atoms with Gasteiger partial charge in [-0.1, -0.05) is 60.7 Å². The summed E-state index contributed by atoms with van der Waals surface area (Å²) in [6.45, 7) is 4.20. The maximum Gasteiger partial charge on any atom is 0.119 e. The smallest absolute Gasteiger partial charge is 0.119 e. The zero-order chi connectivity index (χ0) is 22.5. The Balaban J connectivity index is 1.38. The first kappa shape index (κ1) is 21.5. The monoisotopic (exact) mass is 437 g/mol. The number of rotatable bonds is 8. The van der Waals surface area contributed by atoms with Gasteiger partial charge in [0.1, 0.15) is 18.1 Å². The molecule has 1 heterocycles. The maximum atomic E-state index is 6.00. The highest BCUT2D eigenvalue weighted by molar-refractivity contribution is 5.92.